The van der Waals surface area contributed by atoms with Crippen molar-refractivity contribution in [3.63, 3.8) is 0 Å². The van der Waals surface area contributed by atoms with Crippen LogP contribution in [0.4, 0.5) is 5.82 Å². The van der Waals surface area contributed by atoms with E-state index in [1.165, 1.54) is 25.0 Å². The standard InChI is InChI=1S/C12H22N4O4S/c1-5-6-16-8-10(11(13)14-16)21(18,19)15(3)7-9(2)12(17)20-4/h8-9H,5-7H2,1-4H3,(H2,13,14). The molecular weight excluding hydrogens is 296 g/mol. The Morgan fingerprint density at radius 2 is 2.19 bits per heavy atom. The summed E-state index contributed by atoms with van der Waals surface area (Å²) >= 11 is 0. The number of ether oxygens (including phenoxy) is 1. The predicted octanol–water partition coefficient (Wildman–Crippen LogP) is 0.305. The van der Waals surface area contributed by atoms with Gasteiger partial charge in [-0.2, -0.15) is 9.40 Å². The fourth-order valence-corrected chi connectivity index (χ4v) is 3.20. The van der Waals surface area contributed by atoms with Crippen LogP contribution in [0.25, 0.3) is 0 Å². The average molecular weight is 318 g/mol. The summed E-state index contributed by atoms with van der Waals surface area (Å²) in [6.45, 7) is 4.15. The van der Waals surface area contributed by atoms with Crippen LogP contribution in [-0.4, -0.2) is 49.2 Å². The molecule has 0 aliphatic carbocycles. The number of carbonyl (C=O) groups is 1. The van der Waals surface area contributed by atoms with E-state index in [0.717, 1.165) is 10.7 Å². The third-order valence-electron chi connectivity index (χ3n) is 3.03. The number of anilines is 1. The van der Waals surface area contributed by atoms with Gasteiger partial charge in [-0.25, -0.2) is 8.42 Å². The molecule has 1 heterocycles. The molecule has 2 N–H and O–H groups in total. The Morgan fingerprint density at radius 3 is 2.71 bits per heavy atom. The van der Waals surface area contributed by atoms with Gasteiger partial charge in [0.15, 0.2) is 5.82 Å². The molecular formula is C12H22N4O4S. The van der Waals surface area contributed by atoms with Gasteiger partial charge in [0.1, 0.15) is 4.90 Å². The average Bonchev–Trinajstić information content (AvgIpc) is 2.79. The minimum absolute atomic E-state index is 0.00735. The lowest BCUT2D eigenvalue weighted by atomic mass is 10.2. The SMILES string of the molecule is CCCn1cc(S(=O)(=O)N(C)CC(C)C(=O)OC)c(N)n1. The maximum atomic E-state index is 12.5. The molecule has 0 bridgehead atoms. The molecule has 0 radical (unpaired) electrons. The highest BCUT2D eigenvalue weighted by Crippen LogP contribution is 2.21. The van der Waals surface area contributed by atoms with Crippen molar-refractivity contribution in [2.75, 3.05) is 26.4 Å². The quantitative estimate of drug-likeness (QED) is 0.725. The number of aromatic nitrogens is 2. The van der Waals surface area contributed by atoms with E-state index in [1.54, 1.807) is 6.92 Å². The Bertz CT molecular complexity index is 596. The Balaban J connectivity index is 2.97. The fraction of sp³-hybridized carbons (Fsp3) is 0.667. The van der Waals surface area contributed by atoms with Gasteiger partial charge in [0.25, 0.3) is 0 Å². The van der Waals surface area contributed by atoms with Crippen LogP contribution in [-0.2, 0) is 26.1 Å². The number of aryl methyl sites for hydroxylation is 1. The highest BCUT2D eigenvalue weighted by atomic mass is 32.2. The molecule has 9 heteroatoms. The van der Waals surface area contributed by atoms with Gasteiger partial charge in [0.05, 0.1) is 13.0 Å². The second kappa shape index (κ2) is 6.90. The van der Waals surface area contributed by atoms with Gasteiger partial charge in [0, 0.05) is 26.3 Å². The minimum atomic E-state index is -3.79. The Morgan fingerprint density at radius 1 is 1.57 bits per heavy atom. The number of hydrogen-bond donors (Lipinski definition) is 1. The molecule has 1 atom stereocenters. The molecule has 8 nitrogen and oxygen atoms in total. The summed E-state index contributed by atoms with van der Waals surface area (Å²) in [4.78, 5) is 11.3. The van der Waals surface area contributed by atoms with E-state index in [1.807, 2.05) is 6.92 Å². The van der Waals surface area contributed by atoms with Crippen LogP contribution < -0.4 is 5.73 Å². The maximum Gasteiger partial charge on any atom is 0.309 e. The lowest BCUT2D eigenvalue weighted by molar-refractivity contribution is -0.144. The second-order valence-corrected chi connectivity index (χ2v) is 6.86. The van der Waals surface area contributed by atoms with E-state index in [9.17, 15) is 13.2 Å². The normalized spacial score (nSPS) is 13.4. The van der Waals surface area contributed by atoms with Crippen LogP contribution >= 0.6 is 0 Å². The zero-order valence-corrected chi connectivity index (χ0v) is 13.6. The van der Waals surface area contributed by atoms with Gasteiger partial charge in [-0.1, -0.05) is 13.8 Å². The van der Waals surface area contributed by atoms with Gasteiger partial charge in [0.2, 0.25) is 10.0 Å². The van der Waals surface area contributed by atoms with Crippen LogP contribution in [0, 0.1) is 5.92 Å². The second-order valence-electron chi connectivity index (χ2n) is 4.85. The summed E-state index contributed by atoms with van der Waals surface area (Å²) in [7, 11) is -1.13. The zero-order chi connectivity index (χ0) is 16.2. The summed E-state index contributed by atoms with van der Waals surface area (Å²) in [5.74, 6) is -1.07. The molecule has 1 aromatic rings. The van der Waals surface area contributed by atoms with E-state index in [0.29, 0.717) is 6.54 Å². The van der Waals surface area contributed by atoms with Gasteiger partial charge in [-0.05, 0) is 6.42 Å². The maximum absolute atomic E-state index is 12.5. The molecule has 0 spiro atoms. The van der Waals surface area contributed by atoms with Crippen LogP contribution in [0.3, 0.4) is 0 Å². The number of nitrogens with two attached hydrogens (primary N) is 1. The zero-order valence-electron chi connectivity index (χ0n) is 12.7. The van der Waals surface area contributed by atoms with Crippen molar-refractivity contribution in [2.24, 2.45) is 5.92 Å². The highest BCUT2D eigenvalue weighted by Gasteiger charge is 2.28. The highest BCUT2D eigenvalue weighted by molar-refractivity contribution is 7.89. The van der Waals surface area contributed by atoms with Crippen LogP contribution in [0.1, 0.15) is 20.3 Å². The number of sulfonamides is 1. The third-order valence-corrected chi connectivity index (χ3v) is 4.87. The molecule has 0 saturated heterocycles. The lowest BCUT2D eigenvalue weighted by Gasteiger charge is -2.19. The summed E-state index contributed by atoms with van der Waals surface area (Å²) in [6, 6.07) is 0. The molecule has 0 aromatic carbocycles. The summed E-state index contributed by atoms with van der Waals surface area (Å²) in [6.07, 6.45) is 2.23. The molecule has 1 rings (SSSR count). The van der Waals surface area contributed by atoms with Gasteiger partial charge >= 0.3 is 5.97 Å². The van der Waals surface area contributed by atoms with Crippen molar-refractivity contribution in [3.8, 4) is 0 Å². The molecule has 0 fully saturated rings. The first-order valence-corrected chi connectivity index (χ1v) is 8.05. The number of methoxy groups -OCH3 is 1. The van der Waals surface area contributed by atoms with Crippen molar-refractivity contribution in [3.05, 3.63) is 6.20 Å². The van der Waals surface area contributed by atoms with Crippen molar-refractivity contribution in [2.45, 2.75) is 31.7 Å². The number of esters is 1. The number of rotatable bonds is 7. The lowest BCUT2D eigenvalue weighted by Crippen LogP contribution is -2.34. The van der Waals surface area contributed by atoms with E-state index < -0.39 is 21.9 Å². The molecule has 0 aliphatic rings. The minimum Gasteiger partial charge on any atom is -0.469 e. The molecule has 0 saturated carbocycles. The monoisotopic (exact) mass is 318 g/mol. The first-order valence-electron chi connectivity index (χ1n) is 6.61. The first kappa shape index (κ1) is 17.4. The van der Waals surface area contributed by atoms with Gasteiger partial charge in [-0.3, -0.25) is 9.48 Å². The Labute approximate surface area is 124 Å². The number of nitrogens with zero attached hydrogens (tertiary/aromatic N) is 3. The summed E-state index contributed by atoms with van der Waals surface area (Å²) in [5, 5.41) is 3.98. The molecule has 21 heavy (non-hydrogen) atoms. The van der Waals surface area contributed by atoms with E-state index in [2.05, 4.69) is 9.84 Å². The van der Waals surface area contributed by atoms with Crippen LogP contribution in [0.5, 0.6) is 0 Å². The predicted molar refractivity (Wildman–Crippen MR) is 77.9 cm³/mol. The molecule has 0 amide bonds. The third kappa shape index (κ3) is 3.94. The van der Waals surface area contributed by atoms with Crippen LogP contribution in [0.2, 0.25) is 0 Å². The van der Waals surface area contributed by atoms with Crippen molar-refractivity contribution in [1.82, 2.24) is 14.1 Å². The van der Waals surface area contributed by atoms with E-state index in [4.69, 9.17) is 5.73 Å². The van der Waals surface area contributed by atoms with Crippen molar-refractivity contribution >= 4 is 21.8 Å². The Kier molecular flexibility index (Phi) is 5.73. The molecule has 120 valence electrons. The topological polar surface area (TPSA) is 108 Å². The number of carbonyl (C=O) groups excluding carboxylic acids is 1. The van der Waals surface area contributed by atoms with E-state index in [-0.39, 0.29) is 17.3 Å². The van der Waals surface area contributed by atoms with Gasteiger partial charge < -0.3 is 10.5 Å². The smallest absolute Gasteiger partial charge is 0.309 e. The fourth-order valence-electron chi connectivity index (χ4n) is 1.89. The molecule has 1 aromatic heterocycles. The van der Waals surface area contributed by atoms with Crippen molar-refractivity contribution in [1.29, 1.82) is 0 Å². The number of nitrogen functional groups attached to an aromatic ring is 1. The Hall–Kier alpha value is -1.61. The van der Waals surface area contributed by atoms with Gasteiger partial charge in [-0.15, -0.1) is 0 Å². The largest absolute Gasteiger partial charge is 0.469 e. The summed E-state index contributed by atoms with van der Waals surface area (Å²) < 4.78 is 32.1. The van der Waals surface area contributed by atoms with E-state index >= 15 is 0 Å². The first-order chi connectivity index (χ1) is 9.73. The van der Waals surface area contributed by atoms with Crippen LogP contribution in [0.15, 0.2) is 11.1 Å². The van der Waals surface area contributed by atoms with Crippen molar-refractivity contribution < 1.29 is 17.9 Å². The molecule has 0 aliphatic heterocycles. The summed E-state index contributed by atoms with van der Waals surface area (Å²) in [5.41, 5.74) is 5.68. The molecule has 1 unspecified atom stereocenters. The number of hydrogen-bond acceptors (Lipinski definition) is 6.